The van der Waals surface area contributed by atoms with Crippen molar-refractivity contribution in [1.82, 2.24) is 0 Å². The Morgan fingerprint density at radius 3 is 2.33 bits per heavy atom. The highest BCUT2D eigenvalue weighted by Gasteiger charge is 2.16. The lowest BCUT2D eigenvalue weighted by atomic mass is 10.1. The minimum atomic E-state index is -3.43. The second kappa shape index (κ2) is 7.82. The van der Waals surface area contributed by atoms with E-state index in [-0.39, 0.29) is 15.6 Å². The van der Waals surface area contributed by atoms with E-state index >= 15 is 0 Å². The fourth-order valence-corrected chi connectivity index (χ4v) is 3.19. The van der Waals surface area contributed by atoms with Crippen molar-refractivity contribution in [1.29, 1.82) is 0 Å². The Morgan fingerprint density at radius 2 is 1.63 bits per heavy atom. The number of para-hydroxylation sites is 2. The molecule has 1 amide bonds. The number of carbonyl (C=O) groups excluding carboxylic acids is 1. The number of carbonyl (C=O) groups is 1. The van der Waals surface area contributed by atoms with Gasteiger partial charge in [0.05, 0.1) is 21.2 Å². The van der Waals surface area contributed by atoms with Crippen LogP contribution < -0.4 is 10.1 Å². The molecule has 0 heterocycles. The molecule has 0 atom stereocenters. The zero-order valence-electron chi connectivity index (χ0n) is 14.3. The topological polar surface area (TPSA) is 72.5 Å². The van der Waals surface area contributed by atoms with E-state index < -0.39 is 15.7 Å². The molecule has 0 spiro atoms. The molecule has 0 bridgehead atoms. The summed E-state index contributed by atoms with van der Waals surface area (Å²) >= 11 is 6.11. The summed E-state index contributed by atoms with van der Waals surface area (Å²) in [4.78, 5) is 12.8. The molecule has 0 aromatic heterocycles. The predicted molar refractivity (Wildman–Crippen MR) is 105 cm³/mol. The monoisotopic (exact) mass is 401 g/mol. The molecule has 3 aromatic carbocycles. The number of anilines is 1. The lowest BCUT2D eigenvalue weighted by Crippen LogP contribution is -2.14. The van der Waals surface area contributed by atoms with Crippen LogP contribution in [0.15, 0.2) is 77.7 Å². The van der Waals surface area contributed by atoms with Gasteiger partial charge in [-0.1, -0.05) is 41.9 Å². The summed E-state index contributed by atoms with van der Waals surface area (Å²) in [5.74, 6) is 0.500. The third-order valence-corrected chi connectivity index (χ3v) is 5.16. The summed E-state index contributed by atoms with van der Waals surface area (Å²) < 4.78 is 29.3. The van der Waals surface area contributed by atoms with Crippen LogP contribution in [0.4, 0.5) is 5.69 Å². The molecular weight excluding hydrogens is 386 g/mol. The summed E-state index contributed by atoms with van der Waals surface area (Å²) in [5.41, 5.74) is 0.501. The van der Waals surface area contributed by atoms with Gasteiger partial charge in [-0.25, -0.2) is 8.42 Å². The number of halogens is 1. The van der Waals surface area contributed by atoms with Crippen LogP contribution >= 0.6 is 11.6 Å². The lowest BCUT2D eigenvalue weighted by molar-refractivity contribution is 0.102. The van der Waals surface area contributed by atoms with Crippen LogP contribution in [0.5, 0.6) is 11.5 Å². The van der Waals surface area contributed by atoms with E-state index in [1.54, 1.807) is 36.4 Å². The maximum atomic E-state index is 12.7. The van der Waals surface area contributed by atoms with Crippen molar-refractivity contribution >= 4 is 33.0 Å². The Morgan fingerprint density at radius 1 is 0.963 bits per heavy atom. The number of hydrogen-bond acceptors (Lipinski definition) is 4. The highest BCUT2D eigenvalue weighted by Crippen LogP contribution is 2.29. The number of nitrogens with one attached hydrogen (secondary N) is 1. The molecule has 5 nitrogen and oxygen atoms in total. The van der Waals surface area contributed by atoms with Crippen molar-refractivity contribution in [2.24, 2.45) is 0 Å². The van der Waals surface area contributed by atoms with Crippen molar-refractivity contribution in [3.63, 3.8) is 0 Å². The molecule has 3 rings (SSSR count). The maximum absolute atomic E-state index is 12.7. The minimum absolute atomic E-state index is 0.0658. The largest absolute Gasteiger partial charge is 0.457 e. The second-order valence-corrected chi connectivity index (χ2v) is 8.20. The van der Waals surface area contributed by atoms with E-state index in [9.17, 15) is 13.2 Å². The van der Waals surface area contributed by atoms with Gasteiger partial charge in [0.15, 0.2) is 9.84 Å². The van der Waals surface area contributed by atoms with Gasteiger partial charge in [-0.05, 0) is 42.5 Å². The van der Waals surface area contributed by atoms with Gasteiger partial charge in [-0.2, -0.15) is 0 Å². The van der Waals surface area contributed by atoms with Crippen LogP contribution in [0, 0.1) is 0 Å². The van der Waals surface area contributed by atoms with E-state index in [1.807, 2.05) is 18.2 Å². The normalized spacial score (nSPS) is 11.0. The molecule has 0 aliphatic heterocycles. The molecule has 3 aromatic rings. The first-order chi connectivity index (χ1) is 12.8. The Balaban J connectivity index is 1.90. The third kappa shape index (κ3) is 4.67. The SMILES string of the molecule is CS(=O)(=O)c1ccc(Cl)c(NC(=O)c2ccccc2Oc2ccccc2)c1. The van der Waals surface area contributed by atoms with Crippen LogP contribution in [0.1, 0.15) is 10.4 Å². The molecule has 0 saturated heterocycles. The van der Waals surface area contributed by atoms with E-state index in [0.29, 0.717) is 17.1 Å². The van der Waals surface area contributed by atoms with Crippen LogP contribution in [-0.4, -0.2) is 20.6 Å². The molecule has 0 aliphatic rings. The highest BCUT2D eigenvalue weighted by atomic mass is 35.5. The number of benzene rings is 3. The number of sulfone groups is 1. The fraction of sp³-hybridized carbons (Fsp3) is 0.0500. The Hall–Kier alpha value is -2.83. The van der Waals surface area contributed by atoms with Gasteiger partial charge in [0.2, 0.25) is 0 Å². The summed E-state index contributed by atoms with van der Waals surface area (Å²) in [6, 6.07) is 20.0. The molecule has 0 unspecified atom stereocenters. The minimum Gasteiger partial charge on any atom is -0.457 e. The number of amides is 1. The molecule has 0 fully saturated rings. The van der Waals surface area contributed by atoms with Gasteiger partial charge in [0.1, 0.15) is 11.5 Å². The number of ether oxygens (including phenoxy) is 1. The molecule has 1 N–H and O–H groups in total. The second-order valence-electron chi connectivity index (χ2n) is 5.78. The average molecular weight is 402 g/mol. The van der Waals surface area contributed by atoms with Crippen molar-refractivity contribution in [3.8, 4) is 11.5 Å². The maximum Gasteiger partial charge on any atom is 0.259 e. The van der Waals surface area contributed by atoms with E-state index in [1.165, 1.54) is 18.2 Å². The van der Waals surface area contributed by atoms with Gasteiger partial charge in [-0.3, -0.25) is 4.79 Å². The first kappa shape index (κ1) is 18.9. The van der Waals surface area contributed by atoms with Crippen LogP contribution in [-0.2, 0) is 9.84 Å². The Bertz CT molecular complexity index is 1080. The predicted octanol–water partition coefficient (Wildman–Crippen LogP) is 4.79. The standard InChI is InChI=1S/C20H16ClNO4S/c1-27(24,25)15-11-12-17(21)18(13-15)22-20(23)16-9-5-6-10-19(16)26-14-7-3-2-4-8-14/h2-13H,1H3,(H,22,23). The molecule has 0 saturated carbocycles. The van der Waals surface area contributed by atoms with Crippen molar-refractivity contribution in [2.45, 2.75) is 4.90 Å². The van der Waals surface area contributed by atoms with E-state index in [4.69, 9.17) is 16.3 Å². The van der Waals surface area contributed by atoms with Gasteiger partial charge in [-0.15, -0.1) is 0 Å². The summed E-state index contributed by atoms with van der Waals surface area (Å²) in [6.07, 6.45) is 1.09. The first-order valence-electron chi connectivity index (χ1n) is 7.97. The third-order valence-electron chi connectivity index (χ3n) is 3.72. The van der Waals surface area contributed by atoms with E-state index in [0.717, 1.165) is 6.26 Å². The molecule has 7 heteroatoms. The van der Waals surface area contributed by atoms with Crippen LogP contribution in [0.3, 0.4) is 0 Å². The molecular formula is C20H16ClNO4S. The highest BCUT2D eigenvalue weighted by molar-refractivity contribution is 7.90. The van der Waals surface area contributed by atoms with Crippen LogP contribution in [0.25, 0.3) is 0 Å². The lowest BCUT2D eigenvalue weighted by Gasteiger charge is -2.13. The molecule has 0 aliphatic carbocycles. The smallest absolute Gasteiger partial charge is 0.259 e. The average Bonchev–Trinajstić information content (AvgIpc) is 2.64. The van der Waals surface area contributed by atoms with Gasteiger partial charge in [0.25, 0.3) is 5.91 Å². The molecule has 27 heavy (non-hydrogen) atoms. The van der Waals surface area contributed by atoms with Gasteiger partial charge in [0, 0.05) is 6.26 Å². The van der Waals surface area contributed by atoms with Gasteiger partial charge < -0.3 is 10.1 Å². The van der Waals surface area contributed by atoms with Crippen molar-refractivity contribution in [2.75, 3.05) is 11.6 Å². The zero-order valence-corrected chi connectivity index (χ0v) is 15.9. The van der Waals surface area contributed by atoms with Gasteiger partial charge >= 0.3 is 0 Å². The molecule has 0 radical (unpaired) electrons. The summed E-state index contributed by atoms with van der Waals surface area (Å²) in [7, 11) is -3.43. The first-order valence-corrected chi connectivity index (χ1v) is 10.2. The van der Waals surface area contributed by atoms with Crippen molar-refractivity contribution < 1.29 is 17.9 Å². The van der Waals surface area contributed by atoms with E-state index in [2.05, 4.69) is 5.32 Å². The Labute approximate surface area is 162 Å². The van der Waals surface area contributed by atoms with Crippen LogP contribution in [0.2, 0.25) is 5.02 Å². The summed E-state index contributed by atoms with van der Waals surface area (Å²) in [5, 5.41) is 2.88. The Kier molecular flexibility index (Phi) is 5.48. The summed E-state index contributed by atoms with van der Waals surface area (Å²) in [6.45, 7) is 0. The molecule has 138 valence electrons. The zero-order chi connectivity index (χ0) is 19.4. The fourth-order valence-electron chi connectivity index (χ4n) is 2.38. The quantitative estimate of drug-likeness (QED) is 0.667. The van der Waals surface area contributed by atoms with Crippen molar-refractivity contribution in [3.05, 3.63) is 83.4 Å². The number of hydrogen-bond donors (Lipinski definition) is 1. The number of rotatable bonds is 5.